The van der Waals surface area contributed by atoms with Crippen molar-refractivity contribution in [3.8, 4) is 5.75 Å². The van der Waals surface area contributed by atoms with E-state index in [4.69, 9.17) is 4.74 Å². The van der Waals surface area contributed by atoms with Crippen molar-refractivity contribution >= 4 is 27.5 Å². The molecular weight excluding hydrogens is 337 g/mol. The maximum absolute atomic E-state index is 13.5. The summed E-state index contributed by atoms with van der Waals surface area (Å²) in [6, 6.07) is 11.6. The first-order valence-corrected chi connectivity index (χ1v) is 7.25. The topological polar surface area (TPSA) is 38.3 Å². The summed E-state index contributed by atoms with van der Waals surface area (Å²) in [5.41, 5.74) is 1.22. The molecule has 5 heteroatoms. The molecule has 0 saturated carbocycles. The molecule has 21 heavy (non-hydrogen) atoms. The summed E-state index contributed by atoms with van der Waals surface area (Å²) < 4.78 is 19.8. The number of rotatable bonds is 4. The number of nitrogens with one attached hydrogen (secondary N) is 1. The monoisotopic (exact) mass is 351 g/mol. The van der Waals surface area contributed by atoms with Crippen LogP contribution in [-0.2, 0) is 4.79 Å². The summed E-state index contributed by atoms with van der Waals surface area (Å²) in [4.78, 5) is 12.0. The normalized spacial score (nSPS) is 11.8. The molecule has 0 aliphatic rings. The van der Waals surface area contributed by atoms with Gasteiger partial charge in [-0.15, -0.1) is 0 Å². The Kier molecular flexibility index (Phi) is 4.96. The molecule has 2 aromatic carbocycles. The number of hydrogen-bond acceptors (Lipinski definition) is 2. The van der Waals surface area contributed by atoms with Gasteiger partial charge in [0.2, 0.25) is 0 Å². The third-order valence-corrected chi connectivity index (χ3v) is 3.51. The van der Waals surface area contributed by atoms with E-state index in [0.717, 1.165) is 10.0 Å². The Balaban J connectivity index is 2.04. The number of anilines is 1. The molecule has 0 fully saturated rings. The third-order valence-electron chi connectivity index (χ3n) is 2.89. The Bertz CT molecular complexity index is 660. The van der Waals surface area contributed by atoms with E-state index in [9.17, 15) is 9.18 Å². The molecule has 2 aromatic rings. The van der Waals surface area contributed by atoms with E-state index >= 15 is 0 Å². The van der Waals surface area contributed by atoms with Crippen LogP contribution < -0.4 is 10.1 Å². The lowest BCUT2D eigenvalue weighted by molar-refractivity contribution is -0.122. The summed E-state index contributed by atoms with van der Waals surface area (Å²) in [6.45, 7) is 3.57. The van der Waals surface area contributed by atoms with Gasteiger partial charge in [-0.05, 0) is 59.6 Å². The SMILES string of the molecule is Cc1ccc(O[C@H](C)C(=O)Nc2ccccc2F)c(Br)c1. The van der Waals surface area contributed by atoms with Crippen LogP contribution in [0.15, 0.2) is 46.9 Å². The highest BCUT2D eigenvalue weighted by Crippen LogP contribution is 2.27. The minimum atomic E-state index is -0.747. The zero-order valence-electron chi connectivity index (χ0n) is 11.7. The number of carbonyl (C=O) groups is 1. The standard InChI is InChI=1S/C16H15BrFNO2/c1-10-7-8-15(12(17)9-10)21-11(2)16(20)19-14-6-4-3-5-13(14)18/h3-9,11H,1-2H3,(H,19,20)/t11-/m1/s1. The minimum absolute atomic E-state index is 0.140. The second-order valence-corrected chi connectivity index (χ2v) is 5.52. The molecule has 0 bridgehead atoms. The molecule has 0 aromatic heterocycles. The highest BCUT2D eigenvalue weighted by atomic mass is 79.9. The first-order valence-electron chi connectivity index (χ1n) is 6.45. The van der Waals surface area contributed by atoms with Gasteiger partial charge in [0.05, 0.1) is 10.2 Å². The molecule has 110 valence electrons. The number of aryl methyl sites for hydroxylation is 1. The number of para-hydroxylation sites is 1. The van der Waals surface area contributed by atoms with Crippen LogP contribution >= 0.6 is 15.9 Å². The number of halogens is 2. The predicted octanol–water partition coefficient (Wildman–Crippen LogP) is 4.30. The molecule has 0 radical (unpaired) electrons. The Morgan fingerprint density at radius 3 is 2.67 bits per heavy atom. The van der Waals surface area contributed by atoms with Crippen LogP contribution in [0.1, 0.15) is 12.5 Å². The zero-order valence-corrected chi connectivity index (χ0v) is 13.3. The Hall–Kier alpha value is -1.88. The van der Waals surface area contributed by atoms with Crippen LogP contribution in [0.2, 0.25) is 0 Å². The Morgan fingerprint density at radius 1 is 1.29 bits per heavy atom. The summed E-state index contributed by atoms with van der Waals surface area (Å²) >= 11 is 3.39. The van der Waals surface area contributed by atoms with Crippen molar-refractivity contribution in [2.45, 2.75) is 20.0 Å². The number of amides is 1. The van der Waals surface area contributed by atoms with Gasteiger partial charge in [0.25, 0.3) is 5.91 Å². The van der Waals surface area contributed by atoms with E-state index < -0.39 is 17.8 Å². The number of ether oxygens (including phenoxy) is 1. The predicted molar refractivity (Wildman–Crippen MR) is 84.0 cm³/mol. The van der Waals surface area contributed by atoms with E-state index in [2.05, 4.69) is 21.2 Å². The molecule has 1 atom stereocenters. The van der Waals surface area contributed by atoms with Gasteiger partial charge in [0, 0.05) is 0 Å². The fourth-order valence-electron chi connectivity index (χ4n) is 1.74. The maximum Gasteiger partial charge on any atom is 0.265 e. The van der Waals surface area contributed by atoms with Crippen molar-refractivity contribution in [1.82, 2.24) is 0 Å². The lowest BCUT2D eigenvalue weighted by atomic mass is 10.2. The van der Waals surface area contributed by atoms with Gasteiger partial charge in [-0.3, -0.25) is 4.79 Å². The summed E-state index contributed by atoms with van der Waals surface area (Å²) in [5, 5.41) is 2.51. The molecule has 0 heterocycles. The van der Waals surface area contributed by atoms with Crippen LogP contribution in [0.3, 0.4) is 0 Å². The van der Waals surface area contributed by atoms with Gasteiger partial charge in [-0.2, -0.15) is 0 Å². The van der Waals surface area contributed by atoms with E-state index in [1.165, 1.54) is 12.1 Å². The summed E-state index contributed by atoms with van der Waals surface area (Å²) in [5.74, 6) is -0.320. The van der Waals surface area contributed by atoms with Crippen molar-refractivity contribution in [2.75, 3.05) is 5.32 Å². The molecule has 0 aliphatic heterocycles. The van der Waals surface area contributed by atoms with Crippen LogP contribution in [0.4, 0.5) is 10.1 Å². The van der Waals surface area contributed by atoms with Crippen LogP contribution in [0, 0.1) is 12.7 Å². The highest BCUT2D eigenvalue weighted by Gasteiger charge is 2.17. The highest BCUT2D eigenvalue weighted by molar-refractivity contribution is 9.10. The average molecular weight is 352 g/mol. The number of benzene rings is 2. The summed E-state index contributed by atoms with van der Waals surface area (Å²) in [7, 11) is 0. The van der Waals surface area contributed by atoms with Crippen LogP contribution in [0.25, 0.3) is 0 Å². The smallest absolute Gasteiger partial charge is 0.265 e. The lowest BCUT2D eigenvalue weighted by Crippen LogP contribution is -2.30. The molecule has 1 amide bonds. The van der Waals surface area contributed by atoms with Crippen molar-refractivity contribution < 1.29 is 13.9 Å². The molecule has 1 N–H and O–H groups in total. The van der Waals surface area contributed by atoms with Gasteiger partial charge < -0.3 is 10.1 Å². The molecule has 0 unspecified atom stereocenters. The van der Waals surface area contributed by atoms with Crippen molar-refractivity contribution in [3.05, 3.63) is 58.3 Å². The maximum atomic E-state index is 13.5. The quantitative estimate of drug-likeness (QED) is 0.891. The largest absolute Gasteiger partial charge is 0.480 e. The van der Waals surface area contributed by atoms with Crippen molar-refractivity contribution in [1.29, 1.82) is 0 Å². The molecule has 2 rings (SSSR count). The fraction of sp³-hybridized carbons (Fsp3) is 0.188. The molecule has 3 nitrogen and oxygen atoms in total. The van der Waals surface area contributed by atoms with Gasteiger partial charge in [-0.1, -0.05) is 18.2 Å². The number of hydrogen-bond donors (Lipinski definition) is 1. The fourth-order valence-corrected chi connectivity index (χ4v) is 2.33. The molecular formula is C16H15BrFNO2. The zero-order chi connectivity index (χ0) is 15.4. The first-order chi connectivity index (χ1) is 9.97. The second-order valence-electron chi connectivity index (χ2n) is 4.66. The van der Waals surface area contributed by atoms with Crippen LogP contribution in [-0.4, -0.2) is 12.0 Å². The van der Waals surface area contributed by atoms with E-state index in [-0.39, 0.29) is 5.69 Å². The Labute approximate surface area is 131 Å². The van der Waals surface area contributed by atoms with E-state index in [0.29, 0.717) is 5.75 Å². The van der Waals surface area contributed by atoms with Crippen molar-refractivity contribution in [2.24, 2.45) is 0 Å². The van der Waals surface area contributed by atoms with Gasteiger partial charge in [-0.25, -0.2) is 4.39 Å². The van der Waals surface area contributed by atoms with Crippen LogP contribution in [0.5, 0.6) is 5.75 Å². The molecule has 0 saturated heterocycles. The molecule has 0 aliphatic carbocycles. The number of carbonyl (C=O) groups excluding carboxylic acids is 1. The Morgan fingerprint density at radius 2 is 2.00 bits per heavy atom. The average Bonchev–Trinajstić information content (AvgIpc) is 2.44. The van der Waals surface area contributed by atoms with E-state index in [1.54, 1.807) is 25.1 Å². The molecule has 0 spiro atoms. The second kappa shape index (κ2) is 6.72. The first kappa shape index (κ1) is 15.5. The van der Waals surface area contributed by atoms with Crippen molar-refractivity contribution in [3.63, 3.8) is 0 Å². The van der Waals surface area contributed by atoms with Gasteiger partial charge in [0.1, 0.15) is 11.6 Å². The van der Waals surface area contributed by atoms with Gasteiger partial charge >= 0.3 is 0 Å². The third kappa shape index (κ3) is 4.04. The lowest BCUT2D eigenvalue weighted by Gasteiger charge is -2.16. The minimum Gasteiger partial charge on any atom is -0.480 e. The van der Waals surface area contributed by atoms with E-state index in [1.807, 2.05) is 19.1 Å². The summed E-state index contributed by atoms with van der Waals surface area (Å²) in [6.07, 6.45) is -0.747. The van der Waals surface area contributed by atoms with Gasteiger partial charge in [0.15, 0.2) is 6.10 Å².